The van der Waals surface area contributed by atoms with E-state index in [-0.39, 0.29) is 17.6 Å². The molecule has 0 fully saturated rings. The summed E-state index contributed by atoms with van der Waals surface area (Å²) in [5.41, 5.74) is 4.76. The van der Waals surface area contributed by atoms with Gasteiger partial charge in [0.25, 0.3) is 0 Å². The zero-order valence-electron chi connectivity index (χ0n) is 26.3. The Morgan fingerprint density at radius 3 is 1.76 bits per heavy atom. The molecule has 12 heteroatoms. The summed E-state index contributed by atoms with van der Waals surface area (Å²) in [5.74, 6) is -3.30. The monoisotopic (exact) mass is 597 g/mol. The van der Waals surface area contributed by atoms with Crippen LogP contribution in [0, 0.1) is 5.92 Å². The number of nitrogens with two attached hydrogens (primary N) is 1. The molecule has 0 aromatic heterocycles. The Labute approximate surface area is 248 Å². The Morgan fingerprint density at radius 1 is 0.810 bits per heavy atom. The van der Waals surface area contributed by atoms with Gasteiger partial charge in [-0.15, -0.1) is 0 Å². The number of carboxylic acid groups (broad SMARTS) is 1. The average molecular weight is 598 g/mol. The molecule has 4 unspecified atom stereocenters. The molecule has 238 valence electrons. The number of ether oxygens (including phenoxy) is 6. The second-order valence-corrected chi connectivity index (χ2v) is 11.5. The lowest BCUT2D eigenvalue weighted by molar-refractivity contribution is -0.139. The zero-order valence-corrected chi connectivity index (χ0v) is 26.3. The van der Waals surface area contributed by atoms with Crippen LogP contribution < -0.4 is 15.2 Å². The summed E-state index contributed by atoms with van der Waals surface area (Å²) in [6, 6.07) is 2.70. The lowest BCUT2D eigenvalue weighted by Gasteiger charge is -2.32. The first-order valence-electron chi connectivity index (χ1n) is 14.2. The van der Waals surface area contributed by atoms with Crippen molar-refractivity contribution in [2.45, 2.75) is 124 Å². The third-order valence-corrected chi connectivity index (χ3v) is 7.29. The predicted molar refractivity (Wildman–Crippen MR) is 154 cm³/mol. The Balaban J connectivity index is 3.50. The number of benzene rings is 1. The fraction of sp³-hybridized carbons (Fsp3) is 0.667. The van der Waals surface area contributed by atoms with Crippen LogP contribution in [0.2, 0.25) is 0 Å². The van der Waals surface area contributed by atoms with Gasteiger partial charge < -0.3 is 39.3 Å². The highest BCUT2D eigenvalue weighted by Gasteiger charge is 2.36. The molecule has 0 aliphatic heterocycles. The highest BCUT2D eigenvalue weighted by molar-refractivity contribution is 5.75. The summed E-state index contributed by atoms with van der Waals surface area (Å²) in [6.07, 6.45) is -2.58. The maximum atomic E-state index is 12.7. The lowest BCUT2D eigenvalue weighted by atomic mass is 9.79. The minimum absolute atomic E-state index is 0.168. The molecule has 0 aliphatic rings. The zero-order chi connectivity index (χ0) is 32.4. The molecule has 42 heavy (non-hydrogen) atoms. The van der Waals surface area contributed by atoms with Gasteiger partial charge in [-0.3, -0.25) is 4.79 Å². The van der Waals surface area contributed by atoms with Crippen LogP contribution in [0.15, 0.2) is 18.2 Å². The van der Waals surface area contributed by atoms with E-state index in [0.717, 1.165) is 0 Å². The molecule has 5 atom stereocenters. The maximum Gasteiger partial charge on any atom is 0.514 e. The third kappa shape index (κ3) is 11.4. The molecule has 1 aromatic rings. The molecule has 0 spiro atoms. The van der Waals surface area contributed by atoms with Gasteiger partial charge in [-0.2, -0.15) is 0 Å². The molecule has 0 bridgehead atoms. The van der Waals surface area contributed by atoms with E-state index in [4.69, 9.17) is 34.2 Å². The maximum absolute atomic E-state index is 12.7. The Hall–Kier alpha value is -3.54. The molecule has 0 radical (unpaired) electrons. The van der Waals surface area contributed by atoms with E-state index in [9.17, 15) is 24.3 Å². The minimum Gasteiger partial charge on any atom is -0.480 e. The molecule has 0 aliphatic carbocycles. The van der Waals surface area contributed by atoms with Gasteiger partial charge in [-0.1, -0.05) is 33.8 Å². The van der Waals surface area contributed by atoms with Crippen LogP contribution in [0.3, 0.4) is 0 Å². The van der Waals surface area contributed by atoms with Gasteiger partial charge in [0.05, 0.1) is 0 Å². The Morgan fingerprint density at radius 2 is 1.31 bits per heavy atom. The van der Waals surface area contributed by atoms with E-state index < -0.39 is 59.6 Å². The Bertz CT molecular complexity index is 1090. The molecule has 0 saturated heterocycles. The SMILES string of the molecule is CCC(C)OC(=O)OC(C)C(C)C(c1ccc(OC(=O)OC(C)(C)CC)c(OC(=O)OC(C)(C)CC)c1)[C@H](N)C(=O)O. The van der Waals surface area contributed by atoms with Crippen molar-refractivity contribution in [1.82, 2.24) is 0 Å². The number of hydrogen-bond acceptors (Lipinski definition) is 11. The first kappa shape index (κ1) is 36.5. The fourth-order valence-corrected chi connectivity index (χ4v) is 3.53. The van der Waals surface area contributed by atoms with Crippen molar-refractivity contribution in [2.75, 3.05) is 0 Å². The smallest absolute Gasteiger partial charge is 0.480 e. The third-order valence-electron chi connectivity index (χ3n) is 7.29. The van der Waals surface area contributed by atoms with Crippen LogP contribution in [-0.2, 0) is 23.7 Å². The van der Waals surface area contributed by atoms with Crippen LogP contribution >= 0.6 is 0 Å². The quantitative estimate of drug-likeness (QED) is 0.135. The summed E-state index contributed by atoms with van der Waals surface area (Å²) in [5, 5.41) is 9.80. The summed E-state index contributed by atoms with van der Waals surface area (Å²) in [7, 11) is 0. The average Bonchev–Trinajstić information content (AvgIpc) is 2.88. The highest BCUT2D eigenvalue weighted by atomic mass is 16.8. The molecule has 1 aromatic carbocycles. The predicted octanol–water partition coefficient (Wildman–Crippen LogP) is 6.57. The number of carbonyl (C=O) groups is 4. The van der Waals surface area contributed by atoms with Crippen molar-refractivity contribution in [3.05, 3.63) is 23.8 Å². The van der Waals surface area contributed by atoms with Crippen molar-refractivity contribution in [3.8, 4) is 11.5 Å². The van der Waals surface area contributed by atoms with Gasteiger partial charge in [-0.05, 0) is 78.5 Å². The normalized spacial score (nSPS) is 15.3. The van der Waals surface area contributed by atoms with Gasteiger partial charge in [0.1, 0.15) is 29.5 Å². The van der Waals surface area contributed by atoms with Gasteiger partial charge >= 0.3 is 24.4 Å². The minimum atomic E-state index is -1.45. The molecule has 0 saturated carbocycles. The number of hydrogen-bond donors (Lipinski definition) is 2. The van der Waals surface area contributed by atoms with Crippen LogP contribution in [-0.4, -0.2) is 59.0 Å². The number of carbonyl (C=O) groups excluding carboxylic acids is 3. The van der Waals surface area contributed by atoms with Crippen LogP contribution in [0.4, 0.5) is 14.4 Å². The van der Waals surface area contributed by atoms with Crippen LogP contribution in [0.5, 0.6) is 11.5 Å². The number of aliphatic carboxylic acids is 1. The van der Waals surface area contributed by atoms with Gasteiger partial charge in [0.15, 0.2) is 11.5 Å². The molecule has 3 N–H and O–H groups in total. The summed E-state index contributed by atoms with van der Waals surface area (Å²) < 4.78 is 32.1. The first-order valence-corrected chi connectivity index (χ1v) is 14.2. The van der Waals surface area contributed by atoms with Gasteiger partial charge in [-0.25, -0.2) is 14.4 Å². The Kier molecular flexibility index (Phi) is 13.6. The summed E-state index contributed by atoms with van der Waals surface area (Å²) in [4.78, 5) is 49.5. The largest absolute Gasteiger partial charge is 0.514 e. The number of rotatable bonds is 14. The van der Waals surface area contributed by atoms with E-state index in [0.29, 0.717) is 24.8 Å². The van der Waals surface area contributed by atoms with Gasteiger partial charge in [0.2, 0.25) is 0 Å². The van der Waals surface area contributed by atoms with Crippen LogP contribution in [0.25, 0.3) is 0 Å². The fourth-order valence-electron chi connectivity index (χ4n) is 3.53. The highest BCUT2D eigenvalue weighted by Crippen LogP contribution is 2.38. The standard InChI is InChI=1S/C30H47NO11/c1-11-17(4)37-26(34)38-19(6)18(5)23(24(31)25(32)33)20-14-15-21(39-27(35)41-29(7,8)12-2)22(16-20)40-28(36)42-30(9,10)13-3/h14-19,23-24H,11-13,31H2,1-10H3,(H,32,33)/t17?,18?,19?,23?,24-/m0/s1. The van der Waals surface area contributed by atoms with Crippen molar-refractivity contribution in [3.63, 3.8) is 0 Å². The van der Waals surface area contributed by atoms with Crippen molar-refractivity contribution in [2.24, 2.45) is 11.7 Å². The topological polar surface area (TPSA) is 170 Å². The van der Waals surface area contributed by atoms with E-state index in [2.05, 4.69) is 0 Å². The lowest BCUT2D eigenvalue weighted by Crippen LogP contribution is -2.43. The van der Waals surface area contributed by atoms with Gasteiger partial charge in [0, 0.05) is 11.8 Å². The summed E-state index contributed by atoms with van der Waals surface area (Å²) >= 11 is 0. The molecule has 0 amide bonds. The van der Waals surface area contributed by atoms with E-state index >= 15 is 0 Å². The molecular formula is C30H47NO11. The molecule has 12 nitrogen and oxygen atoms in total. The van der Waals surface area contributed by atoms with E-state index in [1.165, 1.54) is 18.2 Å². The van der Waals surface area contributed by atoms with Crippen LogP contribution in [0.1, 0.15) is 100.0 Å². The second kappa shape index (κ2) is 15.6. The molecule has 1 rings (SSSR count). The van der Waals surface area contributed by atoms with Crippen molar-refractivity contribution >= 4 is 24.4 Å². The molecule has 0 heterocycles. The van der Waals surface area contributed by atoms with Crippen molar-refractivity contribution in [1.29, 1.82) is 0 Å². The second-order valence-electron chi connectivity index (χ2n) is 11.5. The number of carboxylic acids is 1. The van der Waals surface area contributed by atoms with E-state index in [1.807, 2.05) is 20.8 Å². The molecular weight excluding hydrogens is 550 g/mol. The van der Waals surface area contributed by atoms with E-state index in [1.54, 1.807) is 48.5 Å². The summed E-state index contributed by atoms with van der Waals surface area (Å²) in [6.45, 7) is 17.3. The van der Waals surface area contributed by atoms with Crippen molar-refractivity contribution < 1.29 is 52.7 Å². The first-order chi connectivity index (χ1) is 19.4.